The molecule has 0 aliphatic carbocycles. The van der Waals surface area contributed by atoms with Crippen LogP contribution in [-0.4, -0.2) is 26.3 Å². The van der Waals surface area contributed by atoms with Crippen molar-refractivity contribution in [1.29, 1.82) is 0 Å². The fraction of sp³-hybridized carbons (Fsp3) is 0.400. The highest BCUT2D eigenvalue weighted by Crippen LogP contribution is 2.47. The number of hydrogen-bond acceptors (Lipinski definition) is 3. The van der Waals surface area contributed by atoms with Crippen molar-refractivity contribution in [3.05, 3.63) is 53.1 Å². The van der Waals surface area contributed by atoms with Gasteiger partial charge in [0.15, 0.2) is 0 Å². The third-order valence-corrected chi connectivity index (χ3v) is 5.22. The summed E-state index contributed by atoms with van der Waals surface area (Å²) in [5, 5.41) is 3.66. The third-order valence-electron chi connectivity index (χ3n) is 5.22. The van der Waals surface area contributed by atoms with E-state index >= 15 is 0 Å². The van der Waals surface area contributed by atoms with E-state index in [-0.39, 0.29) is 5.41 Å². The second-order valence-corrected chi connectivity index (χ2v) is 7.08. The lowest BCUT2D eigenvalue weighted by Crippen LogP contribution is -2.36. The molecule has 1 N–H and O–H groups in total. The summed E-state index contributed by atoms with van der Waals surface area (Å²) in [6.07, 6.45) is 0. The molecule has 2 aliphatic rings. The second-order valence-electron chi connectivity index (χ2n) is 7.08. The minimum Gasteiger partial charge on any atom is -0.378 e. The van der Waals surface area contributed by atoms with Crippen LogP contribution < -0.4 is 10.2 Å². The lowest BCUT2D eigenvalue weighted by Gasteiger charge is -2.38. The maximum absolute atomic E-state index is 5.47. The number of benzene rings is 2. The molecule has 3 heteroatoms. The van der Waals surface area contributed by atoms with E-state index < -0.39 is 0 Å². The van der Waals surface area contributed by atoms with Gasteiger partial charge >= 0.3 is 0 Å². The quantitative estimate of drug-likeness (QED) is 0.854. The Bertz CT molecular complexity index is 745. The van der Waals surface area contributed by atoms with Crippen molar-refractivity contribution in [1.82, 2.24) is 0 Å². The molecule has 0 amide bonds. The Hall–Kier alpha value is -2.00. The molecule has 0 atom stereocenters. The first kappa shape index (κ1) is 14.6. The molecule has 4 rings (SSSR count). The lowest BCUT2D eigenvalue weighted by molar-refractivity contribution is 0.122. The van der Waals surface area contributed by atoms with Gasteiger partial charge < -0.3 is 15.0 Å². The highest BCUT2D eigenvalue weighted by atomic mass is 16.5. The van der Waals surface area contributed by atoms with E-state index in [1.807, 2.05) is 0 Å². The van der Waals surface area contributed by atoms with Crippen LogP contribution in [0.25, 0.3) is 0 Å². The monoisotopic (exact) mass is 308 g/mol. The molecule has 2 heterocycles. The number of morpholine rings is 1. The van der Waals surface area contributed by atoms with Crippen molar-refractivity contribution in [2.24, 2.45) is 0 Å². The smallest absolute Gasteiger partial charge is 0.0642 e. The van der Waals surface area contributed by atoms with E-state index in [4.69, 9.17) is 4.74 Å². The Labute approximate surface area is 138 Å². The molecule has 2 aromatic carbocycles. The summed E-state index contributed by atoms with van der Waals surface area (Å²) in [5.74, 6) is 0. The summed E-state index contributed by atoms with van der Waals surface area (Å²) < 4.78 is 5.47. The van der Waals surface area contributed by atoms with Crippen LogP contribution in [-0.2, 0) is 10.2 Å². The molecular formula is C20H24N2O. The van der Waals surface area contributed by atoms with Gasteiger partial charge in [-0.25, -0.2) is 0 Å². The van der Waals surface area contributed by atoms with Gasteiger partial charge in [-0.3, -0.25) is 0 Å². The topological polar surface area (TPSA) is 24.5 Å². The Morgan fingerprint density at radius 1 is 1.04 bits per heavy atom. The van der Waals surface area contributed by atoms with E-state index in [0.29, 0.717) is 0 Å². The average molecular weight is 308 g/mol. The Kier molecular flexibility index (Phi) is 3.34. The van der Waals surface area contributed by atoms with Crippen LogP contribution in [0.5, 0.6) is 0 Å². The molecule has 0 unspecified atom stereocenters. The number of rotatable bonds is 1. The summed E-state index contributed by atoms with van der Waals surface area (Å²) >= 11 is 0. The number of aryl methyl sites for hydroxylation is 1. The molecule has 1 fully saturated rings. The molecule has 0 saturated carbocycles. The highest BCUT2D eigenvalue weighted by molar-refractivity contribution is 5.79. The molecule has 2 aliphatic heterocycles. The predicted octanol–water partition coefficient (Wildman–Crippen LogP) is 4.21. The van der Waals surface area contributed by atoms with Crippen LogP contribution in [0.1, 0.15) is 30.5 Å². The fourth-order valence-corrected chi connectivity index (χ4v) is 4.08. The largest absolute Gasteiger partial charge is 0.378 e. The summed E-state index contributed by atoms with van der Waals surface area (Å²) in [6.45, 7) is 10.4. The maximum atomic E-state index is 5.47. The predicted molar refractivity (Wildman–Crippen MR) is 96.1 cm³/mol. The maximum Gasteiger partial charge on any atom is 0.0642 e. The number of anilines is 3. The molecule has 120 valence electrons. The van der Waals surface area contributed by atoms with E-state index in [2.05, 4.69) is 67.4 Å². The summed E-state index contributed by atoms with van der Waals surface area (Å²) in [4.78, 5) is 2.41. The van der Waals surface area contributed by atoms with E-state index in [9.17, 15) is 0 Å². The van der Waals surface area contributed by atoms with E-state index in [1.54, 1.807) is 0 Å². The standard InChI is InChI=1S/C20H24N2O/c1-14-5-4-6-17-19(14)20(2,3)16-8-7-15(13-18(16)21-17)22-9-11-23-12-10-22/h4-8,13,21H,9-12H2,1-3H3. The second kappa shape index (κ2) is 5.27. The van der Waals surface area contributed by atoms with Crippen LogP contribution in [0.15, 0.2) is 36.4 Å². The summed E-state index contributed by atoms with van der Waals surface area (Å²) in [7, 11) is 0. The van der Waals surface area contributed by atoms with Crippen molar-refractivity contribution in [2.45, 2.75) is 26.2 Å². The molecular weight excluding hydrogens is 284 g/mol. The summed E-state index contributed by atoms with van der Waals surface area (Å²) in [6, 6.07) is 13.4. The van der Waals surface area contributed by atoms with Crippen LogP contribution >= 0.6 is 0 Å². The first-order valence-electron chi connectivity index (χ1n) is 8.42. The van der Waals surface area contributed by atoms with Crippen molar-refractivity contribution in [3.63, 3.8) is 0 Å². The van der Waals surface area contributed by atoms with Gasteiger partial charge in [-0.1, -0.05) is 32.0 Å². The number of hydrogen-bond donors (Lipinski definition) is 1. The van der Waals surface area contributed by atoms with Gasteiger partial charge in [-0.15, -0.1) is 0 Å². The van der Waals surface area contributed by atoms with Gasteiger partial charge in [0.2, 0.25) is 0 Å². The van der Waals surface area contributed by atoms with Crippen LogP contribution in [0, 0.1) is 6.92 Å². The average Bonchev–Trinajstić information content (AvgIpc) is 2.55. The number of ether oxygens (including phenoxy) is 1. The van der Waals surface area contributed by atoms with Gasteiger partial charge in [0.25, 0.3) is 0 Å². The van der Waals surface area contributed by atoms with Gasteiger partial charge in [0.05, 0.1) is 13.2 Å². The first-order valence-corrected chi connectivity index (χ1v) is 8.42. The molecule has 3 nitrogen and oxygen atoms in total. The minimum atomic E-state index is 0.0187. The summed E-state index contributed by atoms with van der Waals surface area (Å²) in [5.41, 5.74) is 7.90. The van der Waals surface area contributed by atoms with Gasteiger partial charge in [0, 0.05) is 35.6 Å². The highest BCUT2D eigenvalue weighted by Gasteiger charge is 2.34. The fourth-order valence-electron chi connectivity index (χ4n) is 4.08. The zero-order valence-corrected chi connectivity index (χ0v) is 14.1. The van der Waals surface area contributed by atoms with Crippen molar-refractivity contribution < 1.29 is 4.74 Å². The minimum absolute atomic E-state index is 0.0187. The third kappa shape index (κ3) is 2.31. The van der Waals surface area contributed by atoms with Gasteiger partial charge in [-0.05, 0) is 41.8 Å². The molecule has 0 bridgehead atoms. The molecule has 2 aromatic rings. The Morgan fingerprint density at radius 2 is 1.83 bits per heavy atom. The zero-order chi connectivity index (χ0) is 16.0. The molecule has 0 spiro atoms. The van der Waals surface area contributed by atoms with Crippen molar-refractivity contribution in [2.75, 3.05) is 36.5 Å². The molecule has 0 radical (unpaired) electrons. The number of nitrogens with one attached hydrogen (secondary N) is 1. The van der Waals surface area contributed by atoms with Gasteiger partial charge in [-0.2, -0.15) is 0 Å². The molecule has 0 aromatic heterocycles. The van der Waals surface area contributed by atoms with Gasteiger partial charge in [0.1, 0.15) is 0 Å². The van der Waals surface area contributed by atoms with Crippen LogP contribution in [0.3, 0.4) is 0 Å². The molecule has 23 heavy (non-hydrogen) atoms. The van der Waals surface area contributed by atoms with E-state index in [1.165, 1.54) is 33.8 Å². The van der Waals surface area contributed by atoms with Crippen LogP contribution in [0.4, 0.5) is 17.1 Å². The van der Waals surface area contributed by atoms with Crippen molar-refractivity contribution >= 4 is 17.1 Å². The van der Waals surface area contributed by atoms with Crippen molar-refractivity contribution in [3.8, 4) is 0 Å². The Morgan fingerprint density at radius 3 is 2.61 bits per heavy atom. The zero-order valence-electron chi connectivity index (χ0n) is 14.1. The molecule has 1 saturated heterocycles. The number of fused-ring (bicyclic) bond motifs is 2. The van der Waals surface area contributed by atoms with E-state index in [0.717, 1.165) is 26.3 Å². The SMILES string of the molecule is Cc1cccc2c1C(C)(C)c1ccc(N3CCOCC3)cc1N2. The normalized spacial score (nSPS) is 18.8. The Balaban J connectivity index is 1.78. The first-order chi connectivity index (χ1) is 11.1. The number of nitrogens with zero attached hydrogens (tertiary/aromatic N) is 1. The van der Waals surface area contributed by atoms with Crippen LogP contribution in [0.2, 0.25) is 0 Å². The lowest BCUT2D eigenvalue weighted by atomic mass is 9.72.